The Kier molecular flexibility index (Phi) is 6.70. The van der Waals surface area contributed by atoms with E-state index in [2.05, 4.69) is 5.32 Å². The van der Waals surface area contributed by atoms with E-state index < -0.39 is 39.9 Å². The molecule has 0 aliphatic carbocycles. The van der Waals surface area contributed by atoms with Gasteiger partial charge in [0.05, 0.1) is 22.5 Å². The maximum absolute atomic E-state index is 13.1. The Balaban J connectivity index is 1.79. The van der Waals surface area contributed by atoms with E-state index in [9.17, 15) is 31.2 Å². The fourth-order valence-electron chi connectivity index (χ4n) is 3.24. The van der Waals surface area contributed by atoms with Crippen molar-refractivity contribution in [3.05, 3.63) is 53.1 Å². The molecule has 0 bridgehead atoms. The van der Waals surface area contributed by atoms with Crippen LogP contribution in [0, 0.1) is 0 Å². The summed E-state index contributed by atoms with van der Waals surface area (Å²) in [6.45, 7) is -0.183. The molecule has 0 saturated carbocycles. The van der Waals surface area contributed by atoms with E-state index >= 15 is 0 Å². The van der Waals surface area contributed by atoms with E-state index in [0.717, 1.165) is 24.8 Å². The Bertz CT molecular complexity index is 1140. The molecule has 32 heavy (non-hydrogen) atoms. The molecular weight excluding hydrogens is 471 g/mol. The summed E-state index contributed by atoms with van der Waals surface area (Å²) in [5.74, 6) is -0.780. The van der Waals surface area contributed by atoms with Gasteiger partial charge in [-0.3, -0.25) is 13.9 Å². The van der Waals surface area contributed by atoms with Crippen LogP contribution >= 0.6 is 11.6 Å². The standard InChI is InChI=1S/C20H19ClF3N3O4S/c1-32(30,31)27(17-11-13(20(22,23)24)4-9-16(17)21)12-18(28)25-14-5-7-15(8-6-14)26-10-2-3-19(26)29/h4-9,11H,2-3,10,12H2,1H3,(H,25,28). The number of hydrogen-bond acceptors (Lipinski definition) is 4. The lowest BCUT2D eigenvalue weighted by Gasteiger charge is -2.24. The number of carbonyl (C=O) groups excluding carboxylic acids is 2. The second-order valence-corrected chi connectivity index (χ2v) is 9.49. The molecule has 172 valence electrons. The van der Waals surface area contributed by atoms with Crippen LogP contribution in [0.25, 0.3) is 0 Å². The third-order valence-electron chi connectivity index (χ3n) is 4.77. The molecule has 0 radical (unpaired) electrons. The summed E-state index contributed by atoms with van der Waals surface area (Å²) < 4.78 is 64.1. The molecule has 1 fully saturated rings. The molecule has 1 N–H and O–H groups in total. The Morgan fingerprint density at radius 1 is 1.19 bits per heavy atom. The molecule has 0 unspecified atom stereocenters. The summed E-state index contributed by atoms with van der Waals surface area (Å²) in [7, 11) is -4.14. The van der Waals surface area contributed by atoms with Crippen molar-refractivity contribution in [1.82, 2.24) is 0 Å². The predicted octanol–water partition coefficient (Wildman–Crippen LogP) is 3.89. The molecule has 12 heteroatoms. The van der Waals surface area contributed by atoms with Crippen molar-refractivity contribution in [1.29, 1.82) is 0 Å². The number of nitrogens with zero attached hydrogens (tertiary/aromatic N) is 2. The maximum atomic E-state index is 13.1. The molecule has 1 heterocycles. The third kappa shape index (κ3) is 5.52. The summed E-state index contributed by atoms with van der Waals surface area (Å²) in [6, 6.07) is 8.58. The molecule has 2 amide bonds. The summed E-state index contributed by atoms with van der Waals surface area (Å²) >= 11 is 5.94. The summed E-state index contributed by atoms with van der Waals surface area (Å²) in [6.07, 6.45) is -2.73. The number of rotatable bonds is 6. The first-order chi connectivity index (χ1) is 14.9. The van der Waals surface area contributed by atoms with Crippen molar-refractivity contribution in [2.45, 2.75) is 19.0 Å². The lowest BCUT2D eigenvalue weighted by Crippen LogP contribution is -2.37. The lowest BCUT2D eigenvalue weighted by molar-refractivity contribution is -0.137. The van der Waals surface area contributed by atoms with Crippen LogP contribution < -0.4 is 14.5 Å². The molecule has 1 aliphatic heterocycles. The maximum Gasteiger partial charge on any atom is 0.416 e. The molecule has 0 atom stereocenters. The van der Waals surface area contributed by atoms with Gasteiger partial charge in [-0.1, -0.05) is 11.6 Å². The van der Waals surface area contributed by atoms with Crippen molar-refractivity contribution in [2.75, 3.05) is 33.9 Å². The normalized spacial score (nSPS) is 14.5. The number of sulfonamides is 1. The van der Waals surface area contributed by atoms with Crippen molar-refractivity contribution < 1.29 is 31.2 Å². The van der Waals surface area contributed by atoms with Gasteiger partial charge in [0.25, 0.3) is 0 Å². The summed E-state index contributed by atoms with van der Waals surface area (Å²) in [4.78, 5) is 25.9. The van der Waals surface area contributed by atoms with E-state index in [0.29, 0.717) is 34.7 Å². The molecule has 1 saturated heterocycles. The first kappa shape index (κ1) is 23.9. The molecule has 2 aromatic rings. The van der Waals surface area contributed by atoms with E-state index in [1.54, 1.807) is 29.2 Å². The number of benzene rings is 2. The molecule has 0 spiro atoms. The zero-order valence-electron chi connectivity index (χ0n) is 16.8. The number of carbonyl (C=O) groups is 2. The van der Waals surface area contributed by atoms with Crippen molar-refractivity contribution in [3.8, 4) is 0 Å². The van der Waals surface area contributed by atoms with Crippen LogP contribution in [0.5, 0.6) is 0 Å². The minimum absolute atomic E-state index is 0.00328. The minimum Gasteiger partial charge on any atom is -0.325 e. The third-order valence-corrected chi connectivity index (χ3v) is 6.21. The van der Waals surface area contributed by atoms with Crippen LogP contribution in [0.1, 0.15) is 18.4 Å². The second-order valence-electron chi connectivity index (χ2n) is 7.18. The van der Waals surface area contributed by atoms with E-state index in [4.69, 9.17) is 11.6 Å². The SMILES string of the molecule is CS(=O)(=O)N(CC(=O)Nc1ccc(N2CCCC2=O)cc1)c1cc(C(F)(F)F)ccc1Cl. The van der Waals surface area contributed by atoms with Gasteiger partial charge in [0.1, 0.15) is 6.54 Å². The number of anilines is 3. The van der Waals surface area contributed by atoms with Gasteiger partial charge in [-0.2, -0.15) is 13.2 Å². The number of hydrogen-bond donors (Lipinski definition) is 1. The number of alkyl halides is 3. The van der Waals surface area contributed by atoms with E-state index in [-0.39, 0.29) is 10.9 Å². The highest BCUT2D eigenvalue weighted by molar-refractivity contribution is 7.92. The first-order valence-corrected chi connectivity index (χ1v) is 11.6. The van der Waals surface area contributed by atoms with Crippen molar-refractivity contribution in [2.24, 2.45) is 0 Å². The fourth-order valence-corrected chi connectivity index (χ4v) is 4.37. The first-order valence-electron chi connectivity index (χ1n) is 9.41. The lowest BCUT2D eigenvalue weighted by atomic mass is 10.2. The number of amides is 2. The Morgan fingerprint density at radius 2 is 1.84 bits per heavy atom. The van der Waals surface area contributed by atoms with Gasteiger partial charge in [0.15, 0.2) is 0 Å². The van der Waals surface area contributed by atoms with Crippen LogP contribution in [0.3, 0.4) is 0 Å². The van der Waals surface area contributed by atoms with Gasteiger partial charge in [-0.25, -0.2) is 8.42 Å². The topological polar surface area (TPSA) is 86.8 Å². The van der Waals surface area contributed by atoms with Gasteiger partial charge >= 0.3 is 6.18 Å². The van der Waals surface area contributed by atoms with E-state index in [1.807, 2.05) is 0 Å². The zero-order valence-corrected chi connectivity index (χ0v) is 18.4. The molecule has 3 rings (SSSR count). The molecular formula is C20H19ClF3N3O4S. The van der Waals surface area contributed by atoms with Gasteiger partial charge in [-0.05, 0) is 48.9 Å². The van der Waals surface area contributed by atoms with Crippen molar-refractivity contribution in [3.63, 3.8) is 0 Å². The number of nitrogens with one attached hydrogen (secondary N) is 1. The Morgan fingerprint density at radius 3 is 2.38 bits per heavy atom. The van der Waals surface area contributed by atoms with Crippen LogP contribution in [0.15, 0.2) is 42.5 Å². The van der Waals surface area contributed by atoms with Crippen LogP contribution in [-0.2, 0) is 25.8 Å². The van der Waals surface area contributed by atoms with E-state index in [1.165, 1.54) is 0 Å². The van der Waals surface area contributed by atoms with Crippen LogP contribution in [-0.4, -0.2) is 39.6 Å². The average molecular weight is 490 g/mol. The quantitative estimate of drug-likeness (QED) is 0.667. The van der Waals surface area contributed by atoms with Crippen LogP contribution in [0.4, 0.5) is 30.2 Å². The highest BCUT2D eigenvalue weighted by atomic mass is 35.5. The molecule has 2 aromatic carbocycles. The van der Waals surface area contributed by atoms with Gasteiger partial charge in [0, 0.05) is 24.3 Å². The number of halogens is 4. The Hall–Kier alpha value is -2.79. The Labute approximate surface area is 187 Å². The predicted molar refractivity (Wildman–Crippen MR) is 115 cm³/mol. The van der Waals surface area contributed by atoms with Gasteiger partial charge < -0.3 is 10.2 Å². The van der Waals surface area contributed by atoms with Crippen molar-refractivity contribution >= 4 is 50.5 Å². The molecule has 7 nitrogen and oxygen atoms in total. The van der Waals surface area contributed by atoms with Gasteiger partial charge in [-0.15, -0.1) is 0 Å². The summed E-state index contributed by atoms with van der Waals surface area (Å²) in [5, 5.41) is 2.24. The smallest absolute Gasteiger partial charge is 0.325 e. The zero-order chi connectivity index (χ0) is 23.7. The highest BCUT2D eigenvalue weighted by Gasteiger charge is 2.33. The fraction of sp³-hybridized carbons (Fsp3) is 0.300. The monoisotopic (exact) mass is 489 g/mol. The highest BCUT2D eigenvalue weighted by Crippen LogP contribution is 2.36. The van der Waals surface area contributed by atoms with Gasteiger partial charge in [0.2, 0.25) is 21.8 Å². The minimum atomic E-state index is -4.72. The van der Waals surface area contributed by atoms with Crippen LogP contribution in [0.2, 0.25) is 5.02 Å². The average Bonchev–Trinajstić information content (AvgIpc) is 3.11. The second kappa shape index (κ2) is 8.99. The molecule has 1 aliphatic rings. The largest absolute Gasteiger partial charge is 0.416 e. The molecule has 0 aromatic heterocycles. The summed E-state index contributed by atoms with van der Waals surface area (Å²) in [5.41, 5.74) is -0.562.